The average Bonchev–Trinajstić information content (AvgIpc) is 2.91. The minimum absolute atomic E-state index is 0.0896. The van der Waals surface area contributed by atoms with Crippen molar-refractivity contribution >= 4 is 27.6 Å². The van der Waals surface area contributed by atoms with Crippen LogP contribution in [-0.2, 0) is 28.8 Å². The first-order valence-corrected chi connectivity index (χ1v) is 14.4. The van der Waals surface area contributed by atoms with Crippen molar-refractivity contribution in [2.75, 3.05) is 25.0 Å². The number of hydrogen-bond donors (Lipinski definition) is 1. The van der Waals surface area contributed by atoms with Crippen LogP contribution in [0.3, 0.4) is 0 Å². The minimum Gasteiger partial charge on any atom is -0.454 e. The van der Waals surface area contributed by atoms with Gasteiger partial charge >= 0.3 is 24.5 Å². The number of nitrogens with zero attached hydrogens (tertiary/aromatic N) is 4. The highest BCUT2D eigenvalue weighted by Crippen LogP contribution is 2.37. The Balaban J connectivity index is 1.50. The summed E-state index contributed by atoms with van der Waals surface area (Å²) >= 11 is 5.58. The molecule has 0 saturated carbocycles. The van der Waals surface area contributed by atoms with E-state index in [-0.39, 0.29) is 49.7 Å². The zero-order valence-corrected chi connectivity index (χ0v) is 23.6. The van der Waals surface area contributed by atoms with E-state index in [1.165, 1.54) is 6.07 Å². The minimum atomic E-state index is -4.88. The fraction of sp³-hybridized carbons (Fsp3) is 0.400. The molecule has 1 aliphatic heterocycles. The average molecular weight is 678 g/mol. The third-order valence-electron chi connectivity index (χ3n) is 6.31. The van der Waals surface area contributed by atoms with Crippen LogP contribution < -0.4 is 10.1 Å². The Hall–Kier alpha value is -3.38. The molecule has 0 bridgehead atoms. The van der Waals surface area contributed by atoms with Crippen LogP contribution in [0.25, 0.3) is 0 Å². The number of sulfonamides is 1. The van der Waals surface area contributed by atoms with E-state index in [9.17, 15) is 47.9 Å². The molecule has 240 valence electrons. The predicted octanol–water partition coefficient (Wildman–Crippen LogP) is 6.36. The highest BCUT2D eigenvalue weighted by Gasteiger charge is 2.37. The molecule has 19 heteroatoms. The maximum atomic E-state index is 13.2. The van der Waals surface area contributed by atoms with Gasteiger partial charge < -0.3 is 10.1 Å². The zero-order valence-electron chi connectivity index (χ0n) is 22.1. The standard InChI is InChI=1S/C25H21ClF9N5O3S/c26-19-5-4-17(12-18(19)25(33,34)35)44(41,42)40-8-6-16(7-9-40)36-21-37-20(38-22(39-21)43-13-23(27,28)29)11-14-2-1-3-15(10-14)24(30,31)32/h1-5,10,12,16H,6-9,11,13H2,(H,36,37,38,39). The smallest absolute Gasteiger partial charge is 0.422 e. The molecule has 2 heterocycles. The summed E-state index contributed by atoms with van der Waals surface area (Å²) in [6, 6.07) is 5.12. The van der Waals surface area contributed by atoms with Crippen LogP contribution >= 0.6 is 11.6 Å². The summed E-state index contributed by atoms with van der Waals surface area (Å²) in [6.07, 6.45) is -14.4. The molecule has 2 aromatic carbocycles. The van der Waals surface area contributed by atoms with Crippen LogP contribution in [0.4, 0.5) is 45.5 Å². The number of ether oxygens (including phenoxy) is 1. The molecule has 3 aromatic rings. The van der Waals surface area contributed by atoms with Crippen LogP contribution in [0.15, 0.2) is 47.4 Å². The highest BCUT2D eigenvalue weighted by atomic mass is 35.5. The Morgan fingerprint density at radius 2 is 1.59 bits per heavy atom. The summed E-state index contributed by atoms with van der Waals surface area (Å²) in [6.45, 7) is -2.05. The van der Waals surface area contributed by atoms with Gasteiger partial charge in [-0.1, -0.05) is 29.8 Å². The zero-order chi connectivity index (χ0) is 32.5. The summed E-state index contributed by atoms with van der Waals surface area (Å²) in [4.78, 5) is 11.1. The van der Waals surface area contributed by atoms with Gasteiger partial charge in [-0.25, -0.2) is 8.42 Å². The van der Waals surface area contributed by atoms with Crippen LogP contribution in [-0.4, -0.2) is 59.6 Å². The van der Waals surface area contributed by atoms with Crippen molar-refractivity contribution in [2.24, 2.45) is 0 Å². The number of benzene rings is 2. The SMILES string of the molecule is O=S(=O)(c1ccc(Cl)c(C(F)(F)F)c1)N1CCC(Nc2nc(Cc3cccc(C(F)(F)F)c3)nc(OCC(F)(F)F)n2)CC1. The number of piperidine rings is 1. The van der Waals surface area contributed by atoms with Crippen molar-refractivity contribution in [2.45, 2.75) is 48.7 Å². The fourth-order valence-corrected chi connectivity index (χ4v) is 5.97. The van der Waals surface area contributed by atoms with Gasteiger partial charge in [0, 0.05) is 25.6 Å². The van der Waals surface area contributed by atoms with Gasteiger partial charge in [-0.3, -0.25) is 0 Å². The maximum absolute atomic E-state index is 13.2. The number of aromatic nitrogens is 3. The van der Waals surface area contributed by atoms with E-state index in [0.29, 0.717) is 6.07 Å². The van der Waals surface area contributed by atoms with Gasteiger partial charge in [-0.05, 0) is 42.7 Å². The number of nitrogens with one attached hydrogen (secondary N) is 1. The van der Waals surface area contributed by atoms with Crippen molar-refractivity contribution in [3.05, 3.63) is 70.0 Å². The van der Waals surface area contributed by atoms with Crippen molar-refractivity contribution in [1.82, 2.24) is 19.3 Å². The van der Waals surface area contributed by atoms with Gasteiger partial charge in [0.05, 0.1) is 21.0 Å². The lowest BCUT2D eigenvalue weighted by atomic mass is 10.1. The molecule has 1 fully saturated rings. The highest BCUT2D eigenvalue weighted by molar-refractivity contribution is 7.89. The summed E-state index contributed by atoms with van der Waals surface area (Å²) < 4.78 is 149. The Morgan fingerprint density at radius 1 is 0.909 bits per heavy atom. The molecule has 0 unspecified atom stereocenters. The summed E-state index contributed by atoms with van der Waals surface area (Å²) in [7, 11) is -4.34. The summed E-state index contributed by atoms with van der Waals surface area (Å²) in [5.74, 6) is -0.477. The lowest BCUT2D eigenvalue weighted by Crippen LogP contribution is -2.42. The molecule has 4 rings (SSSR count). The van der Waals surface area contributed by atoms with Gasteiger partial charge in [-0.2, -0.15) is 58.8 Å². The van der Waals surface area contributed by atoms with Gasteiger partial charge in [0.2, 0.25) is 16.0 Å². The number of alkyl halides is 9. The quantitative estimate of drug-likeness (QED) is 0.277. The molecule has 0 atom stereocenters. The molecule has 0 spiro atoms. The van der Waals surface area contributed by atoms with E-state index in [0.717, 1.165) is 34.6 Å². The Bertz CT molecular complexity index is 1590. The third kappa shape index (κ3) is 8.62. The van der Waals surface area contributed by atoms with Crippen LogP contribution in [0.5, 0.6) is 6.01 Å². The topological polar surface area (TPSA) is 97.3 Å². The Morgan fingerprint density at radius 3 is 2.20 bits per heavy atom. The molecule has 1 aromatic heterocycles. The lowest BCUT2D eigenvalue weighted by Gasteiger charge is -2.31. The molecule has 8 nitrogen and oxygen atoms in total. The van der Waals surface area contributed by atoms with Crippen LogP contribution in [0.1, 0.15) is 35.4 Å². The third-order valence-corrected chi connectivity index (χ3v) is 8.54. The molecule has 0 aliphatic carbocycles. The second kappa shape index (κ2) is 12.5. The van der Waals surface area contributed by atoms with Gasteiger partial charge in [0.25, 0.3) is 0 Å². The summed E-state index contributed by atoms with van der Waals surface area (Å²) in [5.41, 5.74) is -2.16. The normalized spacial score (nSPS) is 15.8. The lowest BCUT2D eigenvalue weighted by molar-refractivity contribution is -0.154. The second-order valence-corrected chi connectivity index (χ2v) is 11.9. The first kappa shape index (κ1) is 33.5. The molecular weight excluding hydrogens is 657 g/mol. The van der Waals surface area contributed by atoms with E-state index < -0.39 is 68.3 Å². The Kier molecular flexibility index (Phi) is 9.56. The van der Waals surface area contributed by atoms with Gasteiger partial charge in [0.1, 0.15) is 5.82 Å². The molecular formula is C25H21ClF9N5O3S. The molecule has 1 aliphatic rings. The van der Waals surface area contributed by atoms with Gasteiger partial charge in [0.15, 0.2) is 6.61 Å². The molecule has 44 heavy (non-hydrogen) atoms. The Labute approximate surface area is 249 Å². The van der Waals surface area contributed by atoms with E-state index in [1.54, 1.807) is 0 Å². The van der Waals surface area contributed by atoms with Crippen LogP contribution in [0.2, 0.25) is 5.02 Å². The van der Waals surface area contributed by atoms with Crippen molar-refractivity contribution < 1.29 is 52.7 Å². The van der Waals surface area contributed by atoms with Crippen LogP contribution in [0, 0.1) is 0 Å². The number of anilines is 1. The molecule has 1 saturated heterocycles. The first-order valence-electron chi connectivity index (χ1n) is 12.6. The van der Waals surface area contributed by atoms with Crippen molar-refractivity contribution in [3.8, 4) is 6.01 Å². The van der Waals surface area contributed by atoms with E-state index >= 15 is 0 Å². The van der Waals surface area contributed by atoms with E-state index in [4.69, 9.17) is 11.6 Å². The maximum Gasteiger partial charge on any atom is 0.422 e. The van der Waals surface area contributed by atoms with Crippen molar-refractivity contribution in [1.29, 1.82) is 0 Å². The van der Waals surface area contributed by atoms with Gasteiger partial charge in [-0.15, -0.1) is 0 Å². The molecule has 0 amide bonds. The van der Waals surface area contributed by atoms with Crippen molar-refractivity contribution in [3.63, 3.8) is 0 Å². The predicted molar refractivity (Wildman–Crippen MR) is 137 cm³/mol. The van der Waals surface area contributed by atoms with E-state index in [1.807, 2.05) is 0 Å². The number of hydrogen-bond acceptors (Lipinski definition) is 7. The monoisotopic (exact) mass is 677 g/mol. The number of rotatable bonds is 8. The number of halogens is 10. The van der Waals surface area contributed by atoms with E-state index in [2.05, 4.69) is 25.0 Å². The molecule has 1 N–H and O–H groups in total. The fourth-order valence-electron chi connectivity index (χ4n) is 4.25. The first-order chi connectivity index (χ1) is 20.3. The largest absolute Gasteiger partial charge is 0.454 e. The molecule has 0 radical (unpaired) electrons. The summed E-state index contributed by atoms with van der Waals surface area (Å²) in [5, 5.41) is 2.17. The second-order valence-electron chi connectivity index (χ2n) is 9.60.